The lowest BCUT2D eigenvalue weighted by molar-refractivity contribution is -0.0310. The summed E-state index contributed by atoms with van der Waals surface area (Å²) in [6.45, 7) is 7.04. The number of ether oxygens (including phenoxy) is 2. The van der Waals surface area contributed by atoms with E-state index in [1.807, 2.05) is 13.8 Å². The molecule has 0 amide bonds. The molecule has 1 heterocycles. The molecule has 0 radical (unpaired) electrons. The largest absolute Gasteiger partial charge is 0.496 e. The van der Waals surface area contributed by atoms with Crippen LogP contribution in [0, 0.1) is 32.1 Å². The van der Waals surface area contributed by atoms with Crippen LogP contribution in [-0.4, -0.2) is 20.3 Å². The second-order valence-electron chi connectivity index (χ2n) is 4.73. The lowest BCUT2D eigenvalue weighted by atomic mass is 9.76. The summed E-state index contributed by atoms with van der Waals surface area (Å²) in [6, 6.07) is 4.50. The van der Waals surface area contributed by atoms with Gasteiger partial charge in [0.05, 0.1) is 26.4 Å². The minimum absolute atomic E-state index is 0.462. The van der Waals surface area contributed by atoms with Crippen LogP contribution in [-0.2, 0) is 10.2 Å². The zero-order chi connectivity index (χ0) is 12.6. The third-order valence-electron chi connectivity index (χ3n) is 3.58. The third kappa shape index (κ3) is 1.60. The number of aryl methyl sites for hydroxylation is 2. The Kier molecular flexibility index (Phi) is 2.84. The quantitative estimate of drug-likeness (QED) is 0.785. The van der Waals surface area contributed by atoms with Crippen LogP contribution in [0.15, 0.2) is 6.07 Å². The van der Waals surface area contributed by atoms with Crippen LogP contribution in [0.2, 0.25) is 0 Å². The molecule has 1 saturated heterocycles. The molecule has 90 valence electrons. The average molecular weight is 231 g/mol. The number of hydrogen-bond donors (Lipinski definition) is 0. The maximum Gasteiger partial charge on any atom is 0.132 e. The van der Waals surface area contributed by atoms with Gasteiger partial charge in [-0.25, -0.2) is 0 Å². The highest BCUT2D eigenvalue weighted by atomic mass is 16.5. The van der Waals surface area contributed by atoms with Crippen molar-refractivity contribution in [2.24, 2.45) is 0 Å². The van der Waals surface area contributed by atoms with Gasteiger partial charge in [-0.3, -0.25) is 0 Å². The van der Waals surface area contributed by atoms with E-state index in [0.717, 1.165) is 22.4 Å². The number of hydrogen-bond acceptors (Lipinski definition) is 3. The zero-order valence-electron chi connectivity index (χ0n) is 10.8. The Bertz CT molecular complexity index is 496. The smallest absolute Gasteiger partial charge is 0.132 e. The summed E-state index contributed by atoms with van der Waals surface area (Å²) >= 11 is 0. The normalized spacial score (nSPS) is 17.1. The highest BCUT2D eigenvalue weighted by Gasteiger charge is 2.44. The first kappa shape index (κ1) is 11.9. The number of nitrogens with zero attached hydrogens (tertiary/aromatic N) is 1. The Hall–Kier alpha value is -1.53. The van der Waals surface area contributed by atoms with Crippen molar-refractivity contribution < 1.29 is 9.47 Å². The molecule has 0 atom stereocenters. The standard InChI is InChI=1S/C14H17NO2/c1-9-5-10(2)12(13(16-4)11(9)3)14(6-15)7-17-8-14/h5H,7-8H2,1-4H3. The number of methoxy groups -OCH3 is 1. The van der Waals surface area contributed by atoms with Crippen molar-refractivity contribution in [3.8, 4) is 11.8 Å². The highest BCUT2D eigenvalue weighted by molar-refractivity contribution is 5.56. The van der Waals surface area contributed by atoms with Crippen molar-refractivity contribution >= 4 is 0 Å². The average Bonchev–Trinajstić information content (AvgIpc) is 2.24. The predicted octanol–water partition coefficient (Wildman–Crippen LogP) is 2.41. The van der Waals surface area contributed by atoms with Gasteiger partial charge >= 0.3 is 0 Å². The van der Waals surface area contributed by atoms with Gasteiger partial charge in [-0.15, -0.1) is 0 Å². The molecule has 1 aromatic rings. The topological polar surface area (TPSA) is 42.2 Å². The summed E-state index contributed by atoms with van der Waals surface area (Å²) < 4.78 is 10.7. The van der Waals surface area contributed by atoms with E-state index in [9.17, 15) is 5.26 Å². The molecule has 0 bridgehead atoms. The predicted molar refractivity (Wildman–Crippen MR) is 65.3 cm³/mol. The number of nitriles is 1. The van der Waals surface area contributed by atoms with Gasteiger partial charge in [-0.05, 0) is 37.5 Å². The molecule has 0 aliphatic carbocycles. The van der Waals surface area contributed by atoms with Crippen molar-refractivity contribution in [2.45, 2.75) is 26.2 Å². The molecule has 0 unspecified atom stereocenters. The molecular formula is C14H17NO2. The molecule has 0 spiro atoms. The monoisotopic (exact) mass is 231 g/mol. The maximum absolute atomic E-state index is 9.41. The van der Waals surface area contributed by atoms with Crippen molar-refractivity contribution in [2.75, 3.05) is 20.3 Å². The number of rotatable bonds is 2. The molecule has 3 heteroatoms. The third-order valence-corrected chi connectivity index (χ3v) is 3.58. The molecule has 1 aliphatic heterocycles. The van der Waals surface area contributed by atoms with Gasteiger partial charge in [0.2, 0.25) is 0 Å². The molecule has 0 aromatic heterocycles. The van der Waals surface area contributed by atoms with E-state index < -0.39 is 5.41 Å². The lowest BCUT2D eigenvalue weighted by Crippen LogP contribution is -2.46. The first-order chi connectivity index (χ1) is 8.05. The van der Waals surface area contributed by atoms with Crippen molar-refractivity contribution in [3.63, 3.8) is 0 Å². The molecular weight excluding hydrogens is 214 g/mol. The van der Waals surface area contributed by atoms with Crippen molar-refractivity contribution in [3.05, 3.63) is 28.3 Å². The molecule has 1 fully saturated rings. The lowest BCUT2D eigenvalue weighted by Gasteiger charge is -2.38. The van der Waals surface area contributed by atoms with Crippen LogP contribution in [0.1, 0.15) is 22.3 Å². The van der Waals surface area contributed by atoms with E-state index in [0.29, 0.717) is 13.2 Å². The van der Waals surface area contributed by atoms with E-state index in [-0.39, 0.29) is 0 Å². The van der Waals surface area contributed by atoms with Gasteiger partial charge in [0.1, 0.15) is 11.2 Å². The van der Waals surface area contributed by atoms with E-state index in [4.69, 9.17) is 9.47 Å². The minimum Gasteiger partial charge on any atom is -0.496 e. The molecule has 1 aliphatic rings. The Morgan fingerprint density at radius 3 is 2.35 bits per heavy atom. The molecule has 2 rings (SSSR count). The molecule has 17 heavy (non-hydrogen) atoms. The second kappa shape index (κ2) is 4.05. The Balaban J connectivity index is 2.69. The van der Waals surface area contributed by atoms with E-state index >= 15 is 0 Å². The number of benzene rings is 1. The Labute approximate surface area is 102 Å². The Morgan fingerprint density at radius 2 is 1.94 bits per heavy atom. The van der Waals surface area contributed by atoms with Crippen LogP contribution in [0.4, 0.5) is 0 Å². The minimum atomic E-state index is -0.520. The Morgan fingerprint density at radius 1 is 1.29 bits per heavy atom. The fourth-order valence-electron chi connectivity index (χ4n) is 2.47. The van der Waals surface area contributed by atoms with Crippen molar-refractivity contribution in [1.82, 2.24) is 0 Å². The second-order valence-corrected chi connectivity index (χ2v) is 4.73. The zero-order valence-corrected chi connectivity index (χ0v) is 10.8. The maximum atomic E-state index is 9.41. The molecule has 1 aromatic carbocycles. The highest BCUT2D eigenvalue weighted by Crippen LogP contribution is 2.42. The fraction of sp³-hybridized carbons (Fsp3) is 0.500. The summed E-state index contributed by atoms with van der Waals surface area (Å²) in [5.74, 6) is 0.840. The summed E-state index contributed by atoms with van der Waals surface area (Å²) in [5, 5.41) is 9.41. The summed E-state index contributed by atoms with van der Waals surface area (Å²) in [4.78, 5) is 0. The molecule has 0 N–H and O–H groups in total. The SMILES string of the molecule is COc1c(C)c(C)cc(C)c1C1(C#N)COC1. The van der Waals surface area contributed by atoms with E-state index in [2.05, 4.69) is 19.1 Å². The summed E-state index contributed by atoms with van der Waals surface area (Å²) in [6.07, 6.45) is 0. The van der Waals surface area contributed by atoms with Crippen LogP contribution in [0.3, 0.4) is 0 Å². The van der Waals surface area contributed by atoms with Crippen molar-refractivity contribution in [1.29, 1.82) is 5.26 Å². The summed E-state index contributed by atoms with van der Waals surface area (Å²) in [7, 11) is 1.66. The van der Waals surface area contributed by atoms with Gasteiger partial charge in [0.25, 0.3) is 0 Å². The van der Waals surface area contributed by atoms with Crippen LogP contribution in [0.25, 0.3) is 0 Å². The first-order valence-corrected chi connectivity index (χ1v) is 5.70. The van der Waals surface area contributed by atoms with Gasteiger partial charge in [0, 0.05) is 5.56 Å². The van der Waals surface area contributed by atoms with Crippen LogP contribution < -0.4 is 4.74 Å². The van der Waals surface area contributed by atoms with Gasteiger partial charge < -0.3 is 9.47 Å². The van der Waals surface area contributed by atoms with Gasteiger partial charge in [-0.1, -0.05) is 6.07 Å². The van der Waals surface area contributed by atoms with Crippen LogP contribution in [0.5, 0.6) is 5.75 Å². The first-order valence-electron chi connectivity index (χ1n) is 5.70. The van der Waals surface area contributed by atoms with E-state index in [1.165, 1.54) is 5.56 Å². The molecule has 3 nitrogen and oxygen atoms in total. The fourth-order valence-corrected chi connectivity index (χ4v) is 2.47. The van der Waals surface area contributed by atoms with Crippen LogP contribution >= 0.6 is 0 Å². The molecule has 0 saturated carbocycles. The van der Waals surface area contributed by atoms with Gasteiger partial charge in [0.15, 0.2) is 0 Å². The van der Waals surface area contributed by atoms with E-state index in [1.54, 1.807) is 7.11 Å². The van der Waals surface area contributed by atoms with Gasteiger partial charge in [-0.2, -0.15) is 5.26 Å². The summed E-state index contributed by atoms with van der Waals surface area (Å²) in [5.41, 5.74) is 3.88.